The fourth-order valence-corrected chi connectivity index (χ4v) is 4.72. The van der Waals surface area contributed by atoms with Crippen molar-refractivity contribution in [1.29, 1.82) is 0 Å². The number of rotatable bonds is 2. The fourth-order valence-electron chi connectivity index (χ4n) is 2.52. The average molecular weight is 345 g/mol. The van der Waals surface area contributed by atoms with Crippen LogP contribution in [0.15, 0.2) is 12.1 Å². The zero-order valence-corrected chi connectivity index (χ0v) is 13.8. The predicted molar refractivity (Wildman–Crippen MR) is 84.6 cm³/mol. The number of aromatic nitrogens is 1. The number of halogens is 1. The molecular formula is C13H13ClN2O3S2. The molecule has 3 rings (SSSR count). The van der Waals surface area contributed by atoms with Gasteiger partial charge in [-0.05, 0) is 31.0 Å². The number of carbonyl (C=O) groups is 1. The minimum absolute atomic E-state index is 0.0719. The first kappa shape index (κ1) is 14.7. The van der Waals surface area contributed by atoms with Crippen molar-refractivity contribution in [1.82, 2.24) is 4.98 Å². The van der Waals surface area contributed by atoms with E-state index in [-0.39, 0.29) is 18.9 Å². The van der Waals surface area contributed by atoms with Crippen molar-refractivity contribution in [2.24, 2.45) is 0 Å². The Morgan fingerprint density at radius 1 is 1.38 bits per heavy atom. The lowest BCUT2D eigenvalue weighted by Gasteiger charge is -2.11. The van der Waals surface area contributed by atoms with Gasteiger partial charge in [0.05, 0.1) is 10.2 Å². The van der Waals surface area contributed by atoms with Gasteiger partial charge in [-0.1, -0.05) is 17.4 Å². The second-order valence-corrected chi connectivity index (χ2v) is 9.15. The molecule has 0 bridgehead atoms. The molecule has 0 aliphatic carbocycles. The van der Waals surface area contributed by atoms with Crippen LogP contribution in [0.4, 0.5) is 5.13 Å². The van der Waals surface area contributed by atoms with Gasteiger partial charge in [0.25, 0.3) is 0 Å². The van der Waals surface area contributed by atoms with Gasteiger partial charge in [-0.15, -0.1) is 0 Å². The molecule has 2 aromatic rings. The summed E-state index contributed by atoms with van der Waals surface area (Å²) in [6.45, 7) is 4.04. The van der Waals surface area contributed by atoms with Crippen LogP contribution in [-0.4, -0.2) is 31.1 Å². The Labute approximate surface area is 131 Å². The highest BCUT2D eigenvalue weighted by molar-refractivity contribution is 8.14. The highest BCUT2D eigenvalue weighted by atomic mass is 35.7. The van der Waals surface area contributed by atoms with Crippen molar-refractivity contribution >= 4 is 52.3 Å². The summed E-state index contributed by atoms with van der Waals surface area (Å²) in [5.74, 6) is -0.252. The second kappa shape index (κ2) is 4.93. The van der Waals surface area contributed by atoms with E-state index in [2.05, 4.69) is 4.98 Å². The summed E-state index contributed by atoms with van der Waals surface area (Å²) in [5, 5.41) is -0.326. The summed E-state index contributed by atoms with van der Waals surface area (Å²) in [4.78, 5) is 17.9. The molecule has 112 valence electrons. The molecule has 0 saturated carbocycles. The molecule has 2 heterocycles. The first-order valence-corrected chi connectivity index (χ1v) is 9.56. The first-order valence-electron chi connectivity index (χ1n) is 6.37. The molecule has 1 fully saturated rings. The zero-order valence-electron chi connectivity index (χ0n) is 11.5. The largest absolute Gasteiger partial charge is 0.287 e. The normalized spacial score (nSPS) is 19.7. The van der Waals surface area contributed by atoms with Crippen LogP contribution < -0.4 is 4.90 Å². The number of amides is 1. The van der Waals surface area contributed by atoms with E-state index in [1.807, 2.05) is 26.0 Å². The average Bonchev–Trinajstić information content (AvgIpc) is 2.91. The molecule has 1 saturated heterocycles. The van der Waals surface area contributed by atoms with Crippen LogP contribution in [-0.2, 0) is 13.8 Å². The maximum absolute atomic E-state index is 12.0. The lowest BCUT2D eigenvalue weighted by molar-refractivity contribution is -0.117. The fraction of sp³-hybridized carbons (Fsp3) is 0.385. The number of anilines is 1. The standard InChI is InChI=1S/C13H13ClN2O3S2/c1-7-3-8(2)12-10(4-7)20-13(15-12)16-6-9(5-11(16)17)21(14,18)19/h3-4,9H,5-6H2,1-2H3. The van der Waals surface area contributed by atoms with Crippen molar-refractivity contribution in [3.63, 3.8) is 0 Å². The molecule has 0 N–H and O–H groups in total. The molecule has 8 heteroatoms. The van der Waals surface area contributed by atoms with E-state index in [0.717, 1.165) is 21.3 Å². The monoisotopic (exact) mass is 344 g/mol. The maximum atomic E-state index is 12.0. The van der Waals surface area contributed by atoms with E-state index in [1.165, 1.54) is 16.2 Å². The van der Waals surface area contributed by atoms with Gasteiger partial charge >= 0.3 is 0 Å². The molecule has 1 aromatic heterocycles. The number of thiazole rings is 1. The van der Waals surface area contributed by atoms with E-state index >= 15 is 0 Å². The van der Waals surface area contributed by atoms with Gasteiger partial charge in [-0.25, -0.2) is 13.4 Å². The van der Waals surface area contributed by atoms with Crippen molar-refractivity contribution in [3.05, 3.63) is 23.3 Å². The van der Waals surface area contributed by atoms with Crippen LogP contribution in [0.25, 0.3) is 10.2 Å². The Balaban J connectivity index is 2.02. The van der Waals surface area contributed by atoms with Gasteiger partial charge in [-0.2, -0.15) is 0 Å². The van der Waals surface area contributed by atoms with Crippen LogP contribution in [0.2, 0.25) is 0 Å². The smallest absolute Gasteiger partial charge is 0.237 e. The Hall–Kier alpha value is -1.18. The molecular weight excluding hydrogens is 332 g/mol. The third kappa shape index (κ3) is 2.65. The summed E-state index contributed by atoms with van der Waals surface area (Å²) in [7, 11) is 1.62. The van der Waals surface area contributed by atoms with E-state index in [1.54, 1.807) is 0 Å². The van der Waals surface area contributed by atoms with Gasteiger partial charge < -0.3 is 0 Å². The summed E-state index contributed by atoms with van der Waals surface area (Å²) in [5.41, 5.74) is 3.02. The Bertz CT molecular complexity index is 844. The predicted octanol–water partition coefficient (Wildman–Crippen LogP) is 2.59. The van der Waals surface area contributed by atoms with Gasteiger partial charge in [-0.3, -0.25) is 9.69 Å². The number of hydrogen-bond donors (Lipinski definition) is 0. The molecule has 1 aliphatic rings. The number of hydrogen-bond acceptors (Lipinski definition) is 5. The third-order valence-electron chi connectivity index (χ3n) is 3.54. The number of nitrogens with zero attached hydrogens (tertiary/aromatic N) is 2. The first-order chi connectivity index (χ1) is 9.75. The lowest BCUT2D eigenvalue weighted by atomic mass is 10.1. The van der Waals surface area contributed by atoms with Crippen LogP contribution >= 0.6 is 22.0 Å². The van der Waals surface area contributed by atoms with Gasteiger partial charge in [0, 0.05) is 23.6 Å². The van der Waals surface area contributed by atoms with Crippen LogP contribution in [0.3, 0.4) is 0 Å². The molecule has 1 atom stereocenters. The van der Waals surface area contributed by atoms with Crippen molar-refractivity contribution in [2.75, 3.05) is 11.4 Å². The summed E-state index contributed by atoms with van der Waals surface area (Å²) in [6.07, 6.45) is -0.0836. The highest BCUT2D eigenvalue weighted by Crippen LogP contribution is 2.34. The van der Waals surface area contributed by atoms with Crippen LogP contribution in [0.5, 0.6) is 0 Å². The number of carbonyl (C=O) groups excluding carboxylic acids is 1. The second-order valence-electron chi connectivity index (χ2n) is 5.23. The van der Waals surface area contributed by atoms with Crippen LogP contribution in [0.1, 0.15) is 17.5 Å². The lowest BCUT2D eigenvalue weighted by Crippen LogP contribution is -2.26. The maximum Gasteiger partial charge on any atom is 0.237 e. The van der Waals surface area contributed by atoms with E-state index in [9.17, 15) is 13.2 Å². The zero-order chi connectivity index (χ0) is 15.4. The molecule has 21 heavy (non-hydrogen) atoms. The van der Waals surface area contributed by atoms with Crippen molar-refractivity contribution in [3.8, 4) is 0 Å². The molecule has 5 nitrogen and oxygen atoms in total. The number of aryl methyl sites for hydroxylation is 2. The van der Waals surface area contributed by atoms with E-state index in [4.69, 9.17) is 10.7 Å². The Morgan fingerprint density at radius 3 is 2.71 bits per heavy atom. The van der Waals surface area contributed by atoms with Gasteiger partial charge in [0.1, 0.15) is 5.25 Å². The van der Waals surface area contributed by atoms with E-state index < -0.39 is 14.3 Å². The molecule has 1 unspecified atom stereocenters. The minimum Gasteiger partial charge on any atom is -0.287 e. The Morgan fingerprint density at radius 2 is 2.10 bits per heavy atom. The molecule has 1 amide bonds. The van der Waals surface area contributed by atoms with E-state index in [0.29, 0.717) is 5.13 Å². The Kier molecular flexibility index (Phi) is 3.46. The SMILES string of the molecule is Cc1cc(C)c2nc(N3CC(S(=O)(=O)Cl)CC3=O)sc2c1. The summed E-state index contributed by atoms with van der Waals surface area (Å²) < 4.78 is 23.8. The molecule has 1 aromatic carbocycles. The quantitative estimate of drug-likeness (QED) is 0.785. The number of benzene rings is 1. The van der Waals surface area contributed by atoms with Crippen molar-refractivity contribution in [2.45, 2.75) is 25.5 Å². The van der Waals surface area contributed by atoms with Crippen molar-refractivity contribution < 1.29 is 13.2 Å². The molecule has 1 aliphatic heterocycles. The van der Waals surface area contributed by atoms with Gasteiger partial charge in [0.2, 0.25) is 15.0 Å². The highest BCUT2D eigenvalue weighted by Gasteiger charge is 2.39. The summed E-state index contributed by atoms with van der Waals surface area (Å²) >= 11 is 1.40. The third-order valence-corrected chi connectivity index (χ3v) is 6.43. The minimum atomic E-state index is -3.73. The summed E-state index contributed by atoms with van der Waals surface area (Å²) in [6, 6.07) is 4.05. The number of fused-ring (bicyclic) bond motifs is 1. The molecule has 0 spiro atoms. The topological polar surface area (TPSA) is 67.3 Å². The van der Waals surface area contributed by atoms with Crippen LogP contribution in [0, 0.1) is 13.8 Å². The van der Waals surface area contributed by atoms with Gasteiger partial charge in [0.15, 0.2) is 5.13 Å². The molecule has 0 radical (unpaired) electrons.